The molecule has 1 N–H and O–H groups in total. The summed E-state index contributed by atoms with van der Waals surface area (Å²) in [6, 6.07) is 22.4. The summed E-state index contributed by atoms with van der Waals surface area (Å²) in [6.45, 7) is 5.84. The molecule has 0 spiro atoms. The first kappa shape index (κ1) is 23.3. The molecule has 1 amide bonds. The van der Waals surface area contributed by atoms with Gasteiger partial charge in [-0.2, -0.15) is 0 Å². The van der Waals surface area contributed by atoms with Crippen molar-refractivity contribution in [2.45, 2.75) is 51.2 Å². The maximum absolute atomic E-state index is 12.5. The maximum atomic E-state index is 12.5. The average molecular weight is 486 g/mol. The second-order valence-electron chi connectivity index (χ2n) is 10.1. The molecule has 5 nitrogen and oxygen atoms in total. The predicted octanol–water partition coefficient (Wildman–Crippen LogP) is 7.52. The molecule has 1 aliphatic carbocycles. The number of pyridine rings is 2. The number of carbonyl (C=O) groups excluding carboxylic acids is 1. The highest BCUT2D eigenvalue weighted by molar-refractivity contribution is 6.30. The zero-order valence-electron chi connectivity index (χ0n) is 20.1. The van der Waals surface area contributed by atoms with Crippen LogP contribution in [0.1, 0.15) is 45.6 Å². The summed E-state index contributed by atoms with van der Waals surface area (Å²) in [4.78, 5) is 21.7. The van der Waals surface area contributed by atoms with Crippen molar-refractivity contribution in [3.8, 4) is 22.4 Å². The number of carbonyl (C=O) groups is 1. The molecule has 35 heavy (non-hydrogen) atoms. The van der Waals surface area contributed by atoms with E-state index in [1.165, 1.54) is 0 Å². The number of halogens is 1. The number of fused-ring (bicyclic) bond motifs is 1. The number of hydrogen-bond donors (Lipinski definition) is 1. The zero-order valence-corrected chi connectivity index (χ0v) is 20.9. The predicted molar refractivity (Wildman–Crippen MR) is 140 cm³/mol. The number of hydrogen-bond acceptors (Lipinski definition) is 4. The van der Waals surface area contributed by atoms with Crippen LogP contribution in [0.5, 0.6) is 0 Å². The van der Waals surface area contributed by atoms with E-state index in [1.54, 1.807) is 6.20 Å². The molecule has 0 saturated heterocycles. The van der Waals surface area contributed by atoms with E-state index in [4.69, 9.17) is 21.3 Å². The van der Waals surface area contributed by atoms with E-state index in [0.29, 0.717) is 5.15 Å². The SMILES string of the molecule is CC(C)(C)NC(=O)OC1(c2ccc(-c3nc4cnc(Cl)cc4cc3-c3ccccc3)cc2)CCC1. The molecule has 0 aliphatic heterocycles. The Morgan fingerprint density at radius 2 is 1.71 bits per heavy atom. The van der Waals surface area contributed by atoms with Gasteiger partial charge in [0.05, 0.1) is 17.4 Å². The largest absolute Gasteiger partial charge is 0.438 e. The lowest BCUT2D eigenvalue weighted by molar-refractivity contribution is -0.0549. The Balaban J connectivity index is 1.52. The fourth-order valence-electron chi connectivity index (χ4n) is 4.50. The van der Waals surface area contributed by atoms with Crippen LogP contribution in [-0.4, -0.2) is 21.6 Å². The van der Waals surface area contributed by atoms with Gasteiger partial charge < -0.3 is 10.1 Å². The van der Waals surface area contributed by atoms with Gasteiger partial charge in [-0.05, 0) is 63.3 Å². The third kappa shape index (κ3) is 4.87. The number of ether oxygens (including phenoxy) is 1. The molecule has 2 aromatic carbocycles. The minimum absolute atomic E-state index is 0.347. The quantitative estimate of drug-likeness (QED) is 0.303. The van der Waals surface area contributed by atoms with Crippen LogP contribution in [0.3, 0.4) is 0 Å². The normalized spacial score (nSPS) is 14.9. The van der Waals surface area contributed by atoms with E-state index in [-0.39, 0.29) is 11.6 Å². The van der Waals surface area contributed by atoms with Crippen LogP contribution in [-0.2, 0) is 10.3 Å². The molecule has 4 aromatic rings. The Morgan fingerprint density at radius 1 is 1.00 bits per heavy atom. The maximum Gasteiger partial charge on any atom is 0.408 e. The smallest absolute Gasteiger partial charge is 0.408 e. The number of amides is 1. The molecule has 0 bridgehead atoms. The van der Waals surface area contributed by atoms with Gasteiger partial charge in [-0.3, -0.25) is 0 Å². The van der Waals surface area contributed by atoms with E-state index >= 15 is 0 Å². The van der Waals surface area contributed by atoms with Crippen molar-refractivity contribution in [1.82, 2.24) is 15.3 Å². The molecule has 1 fully saturated rings. The van der Waals surface area contributed by atoms with Crippen molar-refractivity contribution in [3.63, 3.8) is 0 Å². The van der Waals surface area contributed by atoms with E-state index in [0.717, 1.165) is 58.1 Å². The summed E-state index contributed by atoms with van der Waals surface area (Å²) in [7, 11) is 0. The minimum atomic E-state index is -0.576. The van der Waals surface area contributed by atoms with E-state index < -0.39 is 5.60 Å². The molecule has 0 unspecified atom stereocenters. The number of benzene rings is 2. The Kier molecular flexibility index (Phi) is 5.97. The fraction of sp³-hybridized carbons (Fsp3) is 0.276. The molecule has 2 aromatic heterocycles. The van der Waals surface area contributed by atoms with Crippen LogP contribution in [0.4, 0.5) is 4.79 Å². The number of aromatic nitrogens is 2. The van der Waals surface area contributed by atoms with Crippen molar-refractivity contribution in [3.05, 3.63) is 83.6 Å². The Bertz CT molecular complexity index is 1380. The molecular formula is C29H28ClN3O2. The van der Waals surface area contributed by atoms with Gasteiger partial charge in [0.2, 0.25) is 0 Å². The third-order valence-electron chi connectivity index (χ3n) is 6.36. The third-order valence-corrected chi connectivity index (χ3v) is 6.57. The van der Waals surface area contributed by atoms with Gasteiger partial charge in [-0.1, -0.05) is 66.2 Å². The van der Waals surface area contributed by atoms with Gasteiger partial charge in [0.25, 0.3) is 0 Å². The summed E-state index contributed by atoms with van der Waals surface area (Å²) < 4.78 is 5.96. The Hall–Kier alpha value is -3.44. The lowest BCUT2D eigenvalue weighted by atomic mass is 9.74. The fourth-order valence-corrected chi connectivity index (χ4v) is 4.66. The Labute approximate surface area is 210 Å². The molecule has 178 valence electrons. The molecule has 1 saturated carbocycles. The van der Waals surface area contributed by atoms with Crippen LogP contribution in [0.15, 0.2) is 72.9 Å². The van der Waals surface area contributed by atoms with Gasteiger partial charge in [-0.25, -0.2) is 14.8 Å². The number of nitrogens with one attached hydrogen (secondary N) is 1. The molecular weight excluding hydrogens is 458 g/mol. The number of alkyl carbamates (subject to hydrolysis) is 1. The van der Waals surface area contributed by atoms with Crippen LogP contribution in [0.2, 0.25) is 5.15 Å². The second-order valence-corrected chi connectivity index (χ2v) is 10.5. The van der Waals surface area contributed by atoms with E-state index in [9.17, 15) is 4.79 Å². The first-order valence-electron chi connectivity index (χ1n) is 11.9. The van der Waals surface area contributed by atoms with Gasteiger partial charge in [0, 0.05) is 22.1 Å². The van der Waals surface area contributed by atoms with Gasteiger partial charge in [-0.15, -0.1) is 0 Å². The van der Waals surface area contributed by atoms with Crippen molar-refractivity contribution in [1.29, 1.82) is 0 Å². The van der Waals surface area contributed by atoms with Gasteiger partial charge in [0.15, 0.2) is 0 Å². The molecule has 5 rings (SSSR count). The van der Waals surface area contributed by atoms with Crippen LogP contribution < -0.4 is 5.32 Å². The van der Waals surface area contributed by atoms with Crippen LogP contribution in [0.25, 0.3) is 33.3 Å². The highest BCUT2D eigenvalue weighted by atomic mass is 35.5. The number of nitrogens with zero attached hydrogens (tertiary/aromatic N) is 2. The van der Waals surface area contributed by atoms with Gasteiger partial charge in [0.1, 0.15) is 10.8 Å². The van der Waals surface area contributed by atoms with Crippen molar-refractivity contribution in [2.75, 3.05) is 0 Å². The Morgan fingerprint density at radius 3 is 2.34 bits per heavy atom. The standard InChI is InChI=1S/C29H28ClN3O2/c1-28(2,3)33-27(34)35-29(14-7-15-29)22-12-10-20(11-13-22)26-23(19-8-5-4-6-9-19)16-21-17-25(30)31-18-24(21)32-26/h4-6,8-13,16-18H,7,14-15H2,1-3H3,(H,33,34). The van der Waals surface area contributed by atoms with Crippen molar-refractivity contribution in [2.24, 2.45) is 0 Å². The summed E-state index contributed by atoms with van der Waals surface area (Å²) >= 11 is 6.15. The minimum Gasteiger partial charge on any atom is -0.438 e. The molecule has 6 heteroatoms. The molecule has 1 aliphatic rings. The van der Waals surface area contributed by atoms with Crippen molar-refractivity contribution >= 4 is 28.6 Å². The van der Waals surface area contributed by atoms with E-state index in [1.807, 2.05) is 45.0 Å². The summed E-state index contributed by atoms with van der Waals surface area (Å²) in [5.74, 6) is 0. The summed E-state index contributed by atoms with van der Waals surface area (Å²) in [5.41, 5.74) is 4.82. The lowest BCUT2D eigenvalue weighted by Gasteiger charge is -2.42. The molecule has 0 radical (unpaired) electrons. The first-order valence-corrected chi connectivity index (χ1v) is 12.2. The van der Waals surface area contributed by atoms with Crippen LogP contribution >= 0.6 is 11.6 Å². The first-order chi connectivity index (χ1) is 16.7. The molecule has 0 atom stereocenters. The summed E-state index contributed by atoms with van der Waals surface area (Å²) in [5, 5.41) is 4.29. The van der Waals surface area contributed by atoms with Crippen LogP contribution in [0, 0.1) is 0 Å². The highest BCUT2D eigenvalue weighted by Crippen LogP contribution is 2.45. The lowest BCUT2D eigenvalue weighted by Crippen LogP contribution is -2.47. The van der Waals surface area contributed by atoms with Gasteiger partial charge >= 0.3 is 6.09 Å². The monoisotopic (exact) mass is 485 g/mol. The van der Waals surface area contributed by atoms with E-state index in [2.05, 4.69) is 52.8 Å². The second kappa shape index (κ2) is 8.97. The zero-order chi connectivity index (χ0) is 24.6. The number of rotatable bonds is 4. The van der Waals surface area contributed by atoms with Crippen molar-refractivity contribution < 1.29 is 9.53 Å². The highest BCUT2D eigenvalue weighted by Gasteiger charge is 2.43. The topological polar surface area (TPSA) is 64.1 Å². The average Bonchev–Trinajstić information content (AvgIpc) is 2.80. The molecule has 2 heterocycles. The summed E-state index contributed by atoms with van der Waals surface area (Å²) in [6.07, 6.45) is 3.99.